The van der Waals surface area contributed by atoms with Crippen LogP contribution in [-0.2, 0) is 0 Å². The quantitative estimate of drug-likeness (QED) is 0.820. The first kappa shape index (κ1) is 18.3. The first-order chi connectivity index (χ1) is 12.6. The zero-order chi connectivity index (χ0) is 18.5. The molecule has 26 heavy (non-hydrogen) atoms. The van der Waals surface area contributed by atoms with Crippen molar-refractivity contribution in [3.63, 3.8) is 0 Å². The van der Waals surface area contributed by atoms with E-state index in [4.69, 9.17) is 0 Å². The summed E-state index contributed by atoms with van der Waals surface area (Å²) in [7, 11) is 0. The fourth-order valence-electron chi connectivity index (χ4n) is 3.51. The Hall–Kier alpha value is -2.49. The number of amides is 1. The molecule has 0 aromatic heterocycles. The summed E-state index contributed by atoms with van der Waals surface area (Å²) < 4.78 is 0. The van der Waals surface area contributed by atoms with Gasteiger partial charge in [0.2, 0.25) is 0 Å². The summed E-state index contributed by atoms with van der Waals surface area (Å²) in [5.74, 6) is 0.140. The second-order valence-corrected chi connectivity index (χ2v) is 6.83. The van der Waals surface area contributed by atoms with Crippen LogP contribution < -0.4 is 9.80 Å². The van der Waals surface area contributed by atoms with Crippen molar-refractivity contribution in [2.45, 2.75) is 20.8 Å². The van der Waals surface area contributed by atoms with Gasteiger partial charge in [0, 0.05) is 56.2 Å². The van der Waals surface area contributed by atoms with E-state index in [9.17, 15) is 4.79 Å². The molecule has 4 nitrogen and oxygen atoms in total. The Kier molecular flexibility index (Phi) is 5.82. The monoisotopic (exact) mass is 351 g/mol. The highest BCUT2D eigenvalue weighted by Gasteiger charge is 2.22. The molecule has 1 amide bonds. The van der Waals surface area contributed by atoms with E-state index >= 15 is 0 Å². The molecule has 138 valence electrons. The van der Waals surface area contributed by atoms with Gasteiger partial charge in [0.25, 0.3) is 5.91 Å². The fourth-order valence-corrected chi connectivity index (χ4v) is 3.51. The largest absolute Gasteiger partial charge is 0.372 e. The molecule has 0 bridgehead atoms. The molecule has 0 saturated carbocycles. The van der Waals surface area contributed by atoms with Crippen molar-refractivity contribution >= 4 is 17.3 Å². The number of nitrogens with zero attached hydrogens (tertiary/aromatic N) is 3. The molecule has 4 heteroatoms. The van der Waals surface area contributed by atoms with Gasteiger partial charge >= 0.3 is 0 Å². The molecular formula is C22H29N3O. The first-order valence-corrected chi connectivity index (χ1v) is 9.58. The van der Waals surface area contributed by atoms with Crippen LogP contribution in [0.15, 0.2) is 48.5 Å². The molecule has 1 heterocycles. The minimum absolute atomic E-state index is 0.140. The number of carbonyl (C=O) groups is 1. The molecule has 1 aliphatic rings. The van der Waals surface area contributed by atoms with Crippen LogP contribution in [0.3, 0.4) is 0 Å². The number of aryl methyl sites for hydroxylation is 1. The Labute approximate surface area is 157 Å². The van der Waals surface area contributed by atoms with Crippen LogP contribution in [0.1, 0.15) is 29.8 Å². The molecule has 0 aliphatic carbocycles. The van der Waals surface area contributed by atoms with Crippen LogP contribution in [0, 0.1) is 6.92 Å². The summed E-state index contributed by atoms with van der Waals surface area (Å²) >= 11 is 0. The smallest absolute Gasteiger partial charge is 0.253 e. The van der Waals surface area contributed by atoms with Gasteiger partial charge in [0.15, 0.2) is 0 Å². The topological polar surface area (TPSA) is 26.8 Å². The Morgan fingerprint density at radius 2 is 1.46 bits per heavy atom. The van der Waals surface area contributed by atoms with Gasteiger partial charge in [-0.3, -0.25) is 4.79 Å². The minimum atomic E-state index is 0.140. The van der Waals surface area contributed by atoms with Crippen LogP contribution >= 0.6 is 0 Å². The molecule has 1 saturated heterocycles. The minimum Gasteiger partial charge on any atom is -0.372 e. The molecule has 2 aromatic carbocycles. The maximum Gasteiger partial charge on any atom is 0.253 e. The zero-order valence-electron chi connectivity index (χ0n) is 16.1. The summed E-state index contributed by atoms with van der Waals surface area (Å²) in [6.07, 6.45) is 0. The van der Waals surface area contributed by atoms with E-state index < -0.39 is 0 Å². The number of rotatable bonds is 5. The van der Waals surface area contributed by atoms with Crippen molar-refractivity contribution in [3.05, 3.63) is 59.7 Å². The maximum atomic E-state index is 12.6. The first-order valence-electron chi connectivity index (χ1n) is 9.58. The van der Waals surface area contributed by atoms with Gasteiger partial charge in [-0.15, -0.1) is 0 Å². The zero-order valence-corrected chi connectivity index (χ0v) is 16.1. The van der Waals surface area contributed by atoms with Crippen LogP contribution in [0.2, 0.25) is 0 Å². The van der Waals surface area contributed by atoms with Crippen molar-refractivity contribution in [2.75, 3.05) is 49.1 Å². The van der Waals surface area contributed by atoms with Crippen LogP contribution in [0.4, 0.5) is 11.4 Å². The van der Waals surface area contributed by atoms with Gasteiger partial charge in [-0.05, 0) is 57.2 Å². The Balaban J connectivity index is 1.59. The van der Waals surface area contributed by atoms with Crippen LogP contribution in [0.25, 0.3) is 0 Å². The molecule has 0 unspecified atom stereocenters. The Morgan fingerprint density at radius 3 is 2.00 bits per heavy atom. The third-order valence-corrected chi connectivity index (χ3v) is 5.21. The molecular weight excluding hydrogens is 322 g/mol. The molecule has 2 aromatic rings. The van der Waals surface area contributed by atoms with Crippen molar-refractivity contribution in [2.24, 2.45) is 0 Å². The van der Waals surface area contributed by atoms with E-state index in [2.05, 4.69) is 47.9 Å². The number of hydrogen-bond donors (Lipinski definition) is 0. The highest BCUT2D eigenvalue weighted by atomic mass is 16.2. The number of anilines is 2. The molecule has 3 rings (SSSR count). The maximum absolute atomic E-state index is 12.6. The fraction of sp³-hybridized carbons (Fsp3) is 0.409. The average molecular weight is 351 g/mol. The second-order valence-electron chi connectivity index (χ2n) is 6.83. The predicted molar refractivity (Wildman–Crippen MR) is 109 cm³/mol. The molecule has 0 spiro atoms. The molecule has 0 atom stereocenters. The van der Waals surface area contributed by atoms with E-state index in [1.807, 2.05) is 36.1 Å². The van der Waals surface area contributed by atoms with Crippen LogP contribution in [-0.4, -0.2) is 50.1 Å². The third kappa shape index (κ3) is 4.01. The lowest BCUT2D eigenvalue weighted by Crippen LogP contribution is -2.48. The van der Waals surface area contributed by atoms with Crippen molar-refractivity contribution in [1.82, 2.24) is 4.90 Å². The van der Waals surface area contributed by atoms with E-state index in [0.29, 0.717) is 0 Å². The van der Waals surface area contributed by atoms with Gasteiger partial charge in [-0.25, -0.2) is 0 Å². The predicted octanol–water partition coefficient (Wildman–Crippen LogP) is 3.80. The van der Waals surface area contributed by atoms with Crippen LogP contribution in [0.5, 0.6) is 0 Å². The summed E-state index contributed by atoms with van der Waals surface area (Å²) in [5.41, 5.74) is 4.47. The molecule has 1 aliphatic heterocycles. The number of piperazine rings is 1. The van der Waals surface area contributed by atoms with Gasteiger partial charge in [-0.1, -0.05) is 17.7 Å². The van der Waals surface area contributed by atoms with Crippen molar-refractivity contribution in [3.8, 4) is 0 Å². The Bertz CT molecular complexity index is 712. The SMILES string of the molecule is CCN(CC)c1ccc(N2CCN(C(=O)c3ccc(C)cc3)CC2)cc1. The van der Waals surface area contributed by atoms with E-state index in [1.54, 1.807) is 0 Å². The van der Waals surface area contributed by atoms with Gasteiger partial charge < -0.3 is 14.7 Å². The molecule has 0 N–H and O–H groups in total. The number of carbonyl (C=O) groups excluding carboxylic acids is 1. The van der Waals surface area contributed by atoms with Gasteiger partial charge in [-0.2, -0.15) is 0 Å². The third-order valence-electron chi connectivity index (χ3n) is 5.21. The van der Waals surface area contributed by atoms with E-state index in [1.165, 1.54) is 16.9 Å². The lowest BCUT2D eigenvalue weighted by molar-refractivity contribution is 0.0747. The number of benzene rings is 2. The van der Waals surface area contributed by atoms with Gasteiger partial charge in [0.05, 0.1) is 0 Å². The summed E-state index contributed by atoms with van der Waals surface area (Å²) in [6, 6.07) is 16.7. The second kappa shape index (κ2) is 8.26. The summed E-state index contributed by atoms with van der Waals surface area (Å²) in [5, 5.41) is 0. The molecule has 0 radical (unpaired) electrons. The van der Waals surface area contributed by atoms with E-state index in [0.717, 1.165) is 44.8 Å². The lowest BCUT2D eigenvalue weighted by Gasteiger charge is -2.36. The van der Waals surface area contributed by atoms with Gasteiger partial charge in [0.1, 0.15) is 0 Å². The Morgan fingerprint density at radius 1 is 0.885 bits per heavy atom. The van der Waals surface area contributed by atoms with Crippen molar-refractivity contribution < 1.29 is 4.79 Å². The summed E-state index contributed by atoms with van der Waals surface area (Å²) in [6.45, 7) is 11.7. The normalized spacial score (nSPS) is 14.4. The lowest BCUT2D eigenvalue weighted by atomic mass is 10.1. The standard InChI is InChI=1S/C22H29N3O/c1-4-23(5-2)20-10-12-21(13-11-20)24-14-16-25(17-15-24)22(26)19-8-6-18(3)7-9-19/h6-13H,4-5,14-17H2,1-3H3. The van der Waals surface area contributed by atoms with Crippen molar-refractivity contribution in [1.29, 1.82) is 0 Å². The van der Waals surface area contributed by atoms with E-state index in [-0.39, 0.29) is 5.91 Å². The average Bonchev–Trinajstić information content (AvgIpc) is 2.70. The number of hydrogen-bond acceptors (Lipinski definition) is 3. The summed E-state index contributed by atoms with van der Waals surface area (Å²) in [4.78, 5) is 19.3. The highest BCUT2D eigenvalue weighted by molar-refractivity contribution is 5.94. The highest BCUT2D eigenvalue weighted by Crippen LogP contribution is 2.22. The molecule has 1 fully saturated rings.